The third-order valence-corrected chi connectivity index (χ3v) is 3.67. The molecule has 0 saturated carbocycles. The lowest BCUT2D eigenvalue weighted by atomic mass is 9.92. The van der Waals surface area contributed by atoms with Gasteiger partial charge in [-0.05, 0) is 19.8 Å². The van der Waals surface area contributed by atoms with E-state index in [0.717, 1.165) is 19.4 Å². The smallest absolute Gasteiger partial charge is 0.318 e. The van der Waals surface area contributed by atoms with Gasteiger partial charge in [0, 0.05) is 13.1 Å². The topological polar surface area (TPSA) is 97.3 Å². The van der Waals surface area contributed by atoms with Crippen molar-refractivity contribution in [3.05, 3.63) is 5.89 Å². The number of aromatic nitrogens is 2. The van der Waals surface area contributed by atoms with Crippen molar-refractivity contribution in [1.29, 1.82) is 0 Å². The van der Waals surface area contributed by atoms with Gasteiger partial charge in [-0.25, -0.2) is 0 Å². The quantitative estimate of drug-likeness (QED) is 0.755. The molecule has 0 spiro atoms. The van der Waals surface area contributed by atoms with Crippen molar-refractivity contribution in [3.63, 3.8) is 0 Å². The molecule has 0 aromatic carbocycles. The van der Waals surface area contributed by atoms with Gasteiger partial charge >= 0.3 is 6.01 Å². The number of nitrogens with two attached hydrogens (primary N) is 1. The van der Waals surface area contributed by atoms with E-state index in [4.69, 9.17) is 10.2 Å². The molecular formula is C11H17N5O2. The van der Waals surface area contributed by atoms with Gasteiger partial charge in [0.2, 0.25) is 11.8 Å². The molecule has 3 unspecified atom stereocenters. The summed E-state index contributed by atoms with van der Waals surface area (Å²) in [6.45, 7) is 3.30. The van der Waals surface area contributed by atoms with E-state index in [1.807, 2.05) is 4.90 Å². The normalized spacial score (nSPS) is 29.0. The zero-order valence-corrected chi connectivity index (χ0v) is 10.3. The number of hydrogen-bond donors (Lipinski definition) is 2. The zero-order valence-electron chi connectivity index (χ0n) is 10.3. The number of rotatable bonds is 2. The highest BCUT2D eigenvalue weighted by atomic mass is 16.4. The highest BCUT2D eigenvalue weighted by Crippen LogP contribution is 2.31. The van der Waals surface area contributed by atoms with Gasteiger partial charge in [0.05, 0.1) is 18.0 Å². The van der Waals surface area contributed by atoms with Crippen LogP contribution < -0.4 is 16.0 Å². The number of carbonyl (C=O) groups is 1. The second-order valence-electron chi connectivity index (χ2n) is 4.97. The van der Waals surface area contributed by atoms with E-state index in [-0.39, 0.29) is 23.9 Å². The van der Waals surface area contributed by atoms with Gasteiger partial charge in [0.1, 0.15) is 0 Å². The minimum absolute atomic E-state index is 0.0457. The van der Waals surface area contributed by atoms with Crippen molar-refractivity contribution in [2.24, 2.45) is 11.7 Å². The SMILES string of the molecule is CC(N)c1nnc(N2CCCC3C(=O)NCC32)o1. The fourth-order valence-electron chi connectivity index (χ4n) is 2.72. The van der Waals surface area contributed by atoms with Gasteiger partial charge in [0.15, 0.2) is 0 Å². The van der Waals surface area contributed by atoms with Crippen LogP contribution in [0, 0.1) is 5.92 Å². The summed E-state index contributed by atoms with van der Waals surface area (Å²) in [4.78, 5) is 13.7. The van der Waals surface area contributed by atoms with Gasteiger partial charge in [-0.3, -0.25) is 4.79 Å². The van der Waals surface area contributed by atoms with Crippen molar-refractivity contribution in [1.82, 2.24) is 15.5 Å². The number of piperidine rings is 1. The molecule has 1 aromatic rings. The molecular weight excluding hydrogens is 234 g/mol. The lowest BCUT2D eigenvalue weighted by Gasteiger charge is -2.34. The average molecular weight is 251 g/mol. The molecule has 98 valence electrons. The first-order valence-electron chi connectivity index (χ1n) is 6.30. The van der Waals surface area contributed by atoms with E-state index >= 15 is 0 Å². The lowest BCUT2D eigenvalue weighted by molar-refractivity contribution is -0.123. The Labute approximate surface area is 105 Å². The van der Waals surface area contributed by atoms with Crippen LogP contribution in [-0.2, 0) is 4.79 Å². The summed E-state index contributed by atoms with van der Waals surface area (Å²) in [6, 6.07) is 0.344. The number of carbonyl (C=O) groups excluding carboxylic acids is 1. The van der Waals surface area contributed by atoms with Crippen LogP contribution in [0.2, 0.25) is 0 Å². The molecule has 2 saturated heterocycles. The van der Waals surface area contributed by atoms with E-state index in [2.05, 4.69) is 15.5 Å². The van der Waals surface area contributed by atoms with Crippen LogP contribution in [-0.4, -0.2) is 35.2 Å². The van der Waals surface area contributed by atoms with E-state index < -0.39 is 0 Å². The molecule has 1 amide bonds. The summed E-state index contributed by atoms with van der Waals surface area (Å²) in [5.41, 5.74) is 5.70. The molecule has 2 aliphatic rings. The van der Waals surface area contributed by atoms with Crippen LogP contribution in [0.1, 0.15) is 31.7 Å². The van der Waals surface area contributed by atoms with Crippen molar-refractivity contribution < 1.29 is 9.21 Å². The molecule has 0 aliphatic carbocycles. The molecule has 0 bridgehead atoms. The van der Waals surface area contributed by atoms with Gasteiger partial charge in [0.25, 0.3) is 0 Å². The molecule has 3 atom stereocenters. The molecule has 2 aliphatic heterocycles. The van der Waals surface area contributed by atoms with E-state index in [0.29, 0.717) is 18.5 Å². The third kappa shape index (κ3) is 1.74. The Morgan fingerprint density at radius 2 is 2.39 bits per heavy atom. The van der Waals surface area contributed by atoms with Crippen LogP contribution in [0.5, 0.6) is 0 Å². The van der Waals surface area contributed by atoms with Crippen LogP contribution in [0.15, 0.2) is 4.42 Å². The Bertz CT molecular complexity index is 458. The monoisotopic (exact) mass is 251 g/mol. The Kier molecular flexibility index (Phi) is 2.70. The van der Waals surface area contributed by atoms with Crippen molar-refractivity contribution in [3.8, 4) is 0 Å². The van der Waals surface area contributed by atoms with E-state index in [1.165, 1.54) is 0 Å². The maximum absolute atomic E-state index is 11.7. The van der Waals surface area contributed by atoms with Crippen LogP contribution in [0.3, 0.4) is 0 Å². The molecule has 3 rings (SSSR count). The zero-order chi connectivity index (χ0) is 12.7. The number of nitrogens with zero attached hydrogens (tertiary/aromatic N) is 3. The predicted octanol–water partition coefficient (Wildman–Crippen LogP) is -0.196. The lowest BCUT2D eigenvalue weighted by Crippen LogP contribution is -2.45. The highest BCUT2D eigenvalue weighted by Gasteiger charge is 2.42. The second kappa shape index (κ2) is 4.24. The van der Waals surface area contributed by atoms with Crippen molar-refractivity contribution in [2.75, 3.05) is 18.0 Å². The van der Waals surface area contributed by atoms with E-state index in [9.17, 15) is 4.79 Å². The first-order valence-corrected chi connectivity index (χ1v) is 6.30. The summed E-state index contributed by atoms with van der Waals surface area (Å²) in [5.74, 6) is 0.616. The Morgan fingerprint density at radius 3 is 3.11 bits per heavy atom. The maximum Gasteiger partial charge on any atom is 0.318 e. The molecule has 7 heteroatoms. The maximum atomic E-state index is 11.7. The van der Waals surface area contributed by atoms with Gasteiger partial charge in [-0.15, -0.1) is 5.10 Å². The molecule has 2 fully saturated rings. The molecule has 3 N–H and O–H groups in total. The molecule has 7 nitrogen and oxygen atoms in total. The van der Waals surface area contributed by atoms with Crippen molar-refractivity contribution >= 4 is 11.9 Å². The standard InChI is InChI=1S/C11H17N5O2/c1-6(12)10-14-15-11(18-10)16-4-2-3-7-8(16)5-13-9(7)17/h6-8H,2-5,12H2,1H3,(H,13,17). The predicted molar refractivity (Wildman–Crippen MR) is 63.8 cm³/mol. The van der Waals surface area contributed by atoms with Gasteiger partial charge in [-0.2, -0.15) is 0 Å². The summed E-state index contributed by atoms with van der Waals surface area (Å²) in [5, 5.41) is 10.9. The fraction of sp³-hybridized carbons (Fsp3) is 0.727. The summed E-state index contributed by atoms with van der Waals surface area (Å²) < 4.78 is 5.57. The van der Waals surface area contributed by atoms with Crippen molar-refractivity contribution in [2.45, 2.75) is 31.8 Å². The molecule has 18 heavy (non-hydrogen) atoms. The summed E-state index contributed by atoms with van der Waals surface area (Å²) >= 11 is 0. The Morgan fingerprint density at radius 1 is 1.56 bits per heavy atom. The fourth-order valence-corrected chi connectivity index (χ4v) is 2.72. The molecule has 0 radical (unpaired) electrons. The first kappa shape index (κ1) is 11.5. The summed E-state index contributed by atoms with van der Waals surface area (Å²) in [7, 11) is 0. The number of fused-ring (bicyclic) bond motifs is 1. The molecule has 1 aromatic heterocycles. The Hall–Kier alpha value is -1.63. The van der Waals surface area contributed by atoms with Gasteiger partial charge in [-0.1, -0.05) is 5.10 Å². The van der Waals surface area contributed by atoms with Crippen LogP contribution >= 0.6 is 0 Å². The minimum Gasteiger partial charge on any atom is -0.406 e. The van der Waals surface area contributed by atoms with Crippen LogP contribution in [0.4, 0.5) is 6.01 Å². The minimum atomic E-state index is -0.268. The first-order chi connectivity index (χ1) is 8.66. The third-order valence-electron chi connectivity index (χ3n) is 3.67. The highest BCUT2D eigenvalue weighted by molar-refractivity contribution is 5.82. The number of anilines is 1. The van der Waals surface area contributed by atoms with Gasteiger partial charge < -0.3 is 20.4 Å². The molecule has 3 heterocycles. The largest absolute Gasteiger partial charge is 0.406 e. The second-order valence-corrected chi connectivity index (χ2v) is 4.97. The Balaban J connectivity index is 1.84. The number of amides is 1. The number of hydrogen-bond acceptors (Lipinski definition) is 6. The number of nitrogens with one attached hydrogen (secondary N) is 1. The summed E-state index contributed by atoms with van der Waals surface area (Å²) in [6.07, 6.45) is 1.89. The van der Waals surface area contributed by atoms with Crippen LogP contribution in [0.25, 0.3) is 0 Å². The van der Waals surface area contributed by atoms with E-state index in [1.54, 1.807) is 6.92 Å². The average Bonchev–Trinajstić information content (AvgIpc) is 2.97.